The summed E-state index contributed by atoms with van der Waals surface area (Å²) in [5, 5.41) is 7.39. The van der Waals surface area contributed by atoms with Gasteiger partial charge in [0, 0.05) is 6.07 Å². The van der Waals surface area contributed by atoms with Gasteiger partial charge in [0.1, 0.15) is 5.82 Å². The van der Waals surface area contributed by atoms with Gasteiger partial charge in [0.2, 0.25) is 5.91 Å². The van der Waals surface area contributed by atoms with Crippen molar-refractivity contribution in [3.63, 3.8) is 0 Å². The summed E-state index contributed by atoms with van der Waals surface area (Å²) in [7, 11) is 0. The fraction of sp³-hybridized carbons (Fsp3) is 0.714. The van der Waals surface area contributed by atoms with Crippen molar-refractivity contribution in [1.82, 2.24) is 14.7 Å². The van der Waals surface area contributed by atoms with Gasteiger partial charge in [-0.2, -0.15) is 5.10 Å². The van der Waals surface area contributed by atoms with Crippen molar-refractivity contribution in [2.45, 2.75) is 44.6 Å². The maximum atomic E-state index is 12.0. The highest BCUT2D eigenvalue weighted by molar-refractivity contribution is 5.91. The van der Waals surface area contributed by atoms with Gasteiger partial charge in [-0.1, -0.05) is 12.8 Å². The van der Waals surface area contributed by atoms with Crippen LogP contribution in [-0.2, 0) is 4.79 Å². The average Bonchev–Trinajstić information content (AvgIpc) is 3.09. The summed E-state index contributed by atoms with van der Waals surface area (Å²) in [6, 6.07) is 2.37. The first-order valence-electron chi connectivity index (χ1n) is 7.38. The molecule has 0 bridgehead atoms. The van der Waals surface area contributed by atoms with Crippen molar-refractivity contribution < 1.29 is 4.79 Å². The molecule has 1 aromatic rings. The fourth-order valence-corrected chi connectivity index (χ4v) is 3.18. The number of nitrogens with zero attached hydrogens (tertiary/aromatic N) is 3. The lowest BCUT2D eigenvalue weighted by atomic mass is 10.2. The quantitative estimate of drug-likeness (QED) is 0.903. The summed E-state index contributed by atoms with van der Waals surface area (Å²) in [4.78, 5) is 14.3. The van der Waals surface area contributed by atoms with E-state index in [1.54, 1.807) is 6.20 Å². The number of carbonyl (C=O) groups excluding carboxylic acids is 1. The molecule has 3 rings (SSSR count). The van der Waals surface area contributed by atoms with Gasteiger partial charge in [-0.3, -0.25) is 9.69 Å². The van der Waals surface area contributed by atoms with E-state index >= 15 is 0 Å². The van der Waals surface area contributed by atoms with Crippen LogP contribution in [-0.4, -0.2) is 40.2 Å². The summed E-state index contributed by atoms with van der Waals surface area (Å²) < 4.78 is 1.99. The summed E-state index contributed by atoms with van der Waals surface area (Å²) in [6.45, 7) is 2.61. The van der Waals surface area contributed by atoms with E-state index in [0.717, 1.165) is 18.9 Å². The van der Waals surface area contributed by atoms with E-state index in [1.807, 2.05) is 10.7 Å². The molecule has 5 heteroatoms. The first-order chi connectivity index (χ1) is 9.33. The van der Waals surface area contributed by atoms with Gasteiger partial charge in [0.25, 0.3) is 0 Å². The molecule has 1 aromatic heterocycles. The van der Waals surface area contributed by atoms with Crippen LogP contribution in [0.3, 0.4) is 0 Å². The van der Waals surface area contributed by atoms with Crippen LogP contribution in [0.2, 0.25) is 0 Å². The molecule has 5 nitrogen and oxygen atoms in total. The molecule has 0 spiro atoms. The molecule has 2 aliphatic rings. The molecule has 0 atom stereocenters. The SMILES string of the molecule is O=C(CN1CCCC1)Nc1ccnn1C1CCCC1. The molecule has 1 saturated heterocycles. The maximum Gasteiger partial charge on any atom is 0.239 e. The van der Waals surface area contributed by atoms with Gasteiger partial charge >= 0.3 is 0 Å². The van der Waals surface area contributed by atoms with E-state index in [-0.39, 0.29) is 5.91 Å². The molecule has 1 aliphatic heterocycles. The van der Waals surface area contributed by atoms with Crippen molar-refractivity contribution in [2.24, 2.45) is 0 Å². The summed E-state index contributed by atoms with van der Waals surface area (Å²) in [5.41, 5.74) is 0. The first-order valence-corrected chi connectivity index (χ1v) is 7.38. The van der Waals surface area contributed by atoms with Crippen LogP contribution in [0.25, 0.3) is 0 Å². The molecule has 1 saturated carbocycles. The normalized spacial score (nSPS) is 21.1. The minimum absolute atomic E-state index is 0.0849. The number of rotatable bonds is 4. The van der Waals surface area contributed by atoms with Crippen molar-refractivity contribution in [1.29, 1.82) is 0 Å². The summed E-state index contributed by atoms with van der Waals surface area (Å²) in [5.74, 6) is 0.942. The molecule has 19 heavy (non-hydrogen) atoms. The fourth-order valence-electron chi connectivity index (χ4n) is 3.18. The number of hydrogen-bond acceptors (Lipinski definition) is 3. The van der Waals surface area contributed by atoms with Crippen LogP contribution >= 0.6 is 0 Å². The number of aromatic nitrogens is 2. The Kier molecular flexibility index (Phi) is 3.82. The number of nitrogens with one attached hydrogen (secondary N) is 1. The number of anilines is 1. The molecule has 0 radical (unpaired) electrons. The minimum atomic E-state index is 0.0849. The second-order valence-electron chi connectivity index (χ2n) is 5.63. The third-order valence-electron chi connectivity index (χ3n) is 4.17. The first kappa shape index (κ1) is 12.7. The Morgan fingerprint density at radius 2 is 2.00 bits per heavy atom. The lowest BCUT2D eigenvalue weighted by Gasteiger charge is -2.17. The molecular weight excluding hydrogens is 240 g/mol. The van der Waals surface area contributed by atoms with Gasteiger partial charge in [-0.15, -0.1) is 0 Å². The van der Waals surface area contributed by atoms with Crippen LogP contribution in [0.5, 0.6) is 0 Å². The van der Waals surface area contributed by atoms with Crippen LogP contribution in [0, 0.1) is 0 Å². The van der Waals surface area contributed by atoms with E-state index in [9.17, 15) is 4.79 Å². The molecule has 2 heterocycles. The van der Waals surface area contributed by atoms with Crippen molar-refractivity contribution in [2.75, 3.05) is 25.0 Å². The van der Waals surface area contributed by atoms with Gasteiger partial charge in [-0.05, 0) is 38.8 Å². The second kappa shape index (κ2) is 5.74. The monoisotopic (exact) mass is 262 g/mol. The lowest BCUT2D eigenvalue weighted by molar-refractivity contribution is -0.117. The zero-order valence-electron chi connectivity index (χ0n) is 11.3. The Labute approximate surface area is 114 Å². The average molecular weight is 262 g/mol. The predicted octanol–water partition coefficient (Wildman–Crippen LogP) is 2.03. The highest BCUT2D eigenvalue weighted by Crippen LogP contribution is 2.31. The van der Waals surface area contributed by atoms with E-state index in [4.69, 9.17) is 0 Å². The maximum absolute atomic E-state index is 12.0. The Balaban J connectivity index is 1.59. The minimum Gasteiger partial charge on any atom is -0.310 e. The van der Waals surface area contributed by atoms with Crippen LogP contribution in [0.1, 0.15) is 44.6 Å². The third kappa shape index (κ3) is 2.97. The van der Waals surface area contributed by atoms with E-state index in [0.29, 0.717) is 12.6 Å². The van der Waals surface area contributed by atoms with E-state index < -0.39 is 0 Å². The van der Waals surface area contributed by atoms with Gasteiger partial charge in [0.05, 0.1) is 18.8 Å². The van der Waals surface area contributed by atoms with E-state index in [1.165, 1.54) is 38.5 Å². The Bertz CT molecular complexity index is 430. The Hall–Kier alpha value is -1.36. The number of carbonyl (C=O) groups is 1. The van der Waals surface area contributed by atoms with Crippen LogP contribution < -0.4 is 5.32 Å². The Morgan fingerprint density at radius 3 is 2.74 bits per heavy atom. The number of likely N-dealkylation sites (tertiary alicyclic amines) is 1. The highest BCUT2D eigenvalue weighted by Gasteiger charge is 2.21. The topological polar surface area (TPSA) is 50.2 Å². The molecule has 2 fully saturated rings. The van der Waals surface area contributed by atoms with Gasteiger partial charge < -0.3 is 5.32 Å². The lowest BCUT2D eigenvalue weighted by Crippen LogP contribution is -2.31. The third-order valence-corrected chi connectivity index (χ3v) is 4.17. The van der Waals surface area contributed by atoms with Crippen LogP contribution in [0.4, 0.5) is 5.82 Å². The largest absolute Gasteiger partial charge is 0.310 e. The molecule has 1 aliphatic carbocycles. The molecular formula is C14H22N4O. The van der Waals surface area contributed by atoms with Crippen molar-refractivity contribution in [3.05, 3.63) is 12.3 Å². The van der Waals surface area contributed by atoms with Gasteiger partial charge in [0.15, 0.2) is 0 Å². The number of hydrogen-bond donors (Lipinski definition) is 1. The Morgan fingerprint density at radius 1 is 1.26 bits per heavy atom. The number of amides is 1. The molecule has 1 N–H and O–H groups in total. The van der Waals surface area contributed by atoms with Crippen molar-refractivity contribution >= 4 is 11.7 Å². The predicted molar refractivity (Wildman–Crippen MR) is 74.0 cm³/mol. The second-order valence-corrected chi connectivity index (χ2v) is 5.63. The van der Waals surface area contributed by atoms with Crippen LogP contribution in [0.15, 0.2) is 12.3 Å². The standard InChI is InChI=1S/C14H22N4O/c19-14(11-17-9-3-4-10-17)16-13-7-8-15-18(13)12-5-1-2-6-12/h7-8,12H,1-6,9-11H2,(H,16,19). The highest BCUT2D eigenvalue weighted by atomic mass is 16.2. The molecule has 104 valence electrons. The smallest absolute Gasteiger partial charge is 0.239 e. The van der Waals surface area contributed by atoms with Crippen molar-refractivity contribution in [3.8, 4) is 0 Å². The molecule has 1 amide bonds. The molecule has 0 unspecified atom stereocenters. The molecule has 0 aromatic carbocycles. The van der Waals surface area contributed by atoms with Gasteiger partial charge in [-0.25, -0.2) is 4.68 Å². The zero-order chi connectivity index (χ0) is 13.1. The summed E-state index contributed by atoms with van der Waals surface area (Å²) in [6.07, 6.45) is 9.11. The van der Waals surface area contributed by atoms with E-state index in [2.05, 4.69) is 15.3 Å². The summed E-state index contributed by atoms with van der Waals surface area (Å²) >= 11 is 0. The zero-order valence-corrected chi connectivity index (χ0v) is 11.3.